The number of nitrogens with one attached hydrogen (secondary N) is 1. The minimum absolute atomic E-state index is 0.228. The van der Waals surface area contributed by atoms with Crippen molar-refractivity contribution in [2.75, 3.05) is 43.3 Å². The van der Waals surface area contributed by atoms with Crippen molar-refractivity contribution in [2.24, 2.45) is 0 Å². The van der Waals surface area contributed by atoms with Crippen molar-refractivity contribution in [3.8, 4) is 11.5 Å². The van der Waals surface area contributed by atoms with Crippen LogP contribution >= 0.6 is 0 Å². The van der Waals surface area contributed by atoms with Gasteiger partial charge in [-0.15, -0.1) is 0 Å². The fourth-order valence-corrected chi connectivity index (χ4v) is 3.06. The topological polar surface area (TPSA) is 76.8 Å². The summed E-state index contributed by atoms with van der Waals surface area (Å²) in [6, 6.07) is 10.7. The fraction of sp³-hybridized carbons (Fsp3) is 0.316. The molecule has 3 rings (SSSR count). The Balaban J connectivity index is 1.75. The molecule has 6 nitrogen and oxygen atoms in total. The van der Waals surface area contributed by atoms with Gasteiger partial charge in [0.15, 0.2) is 11.5 Å². The maximum atomic E-state index is 12.5. The van der Waals surface area contributed by atoms with Gasteiger partial charge in [0.2, 0.25) is 0 Å². The maximum Gasteiger partial charge on any atom is 0.255 e. The summed E-state index contributed by atoms with van der Waals surface area (Å²) in [6.45, 7) is 2.06. The lowest BCUT2D eigenvalue weighted by molar-refractivity contribution is 0.102. The molecule has 2 aromatic rings. The van der Waals surface area contributed by atoms with Crippen LogP contribution in [-0.4, -0.2) is 33.2 Å². The molecule has 0 radical (unpaired) electrons. The van der Waals surface area contributed by atoms with E-state index in [2.05, 4.69) is 10.2 Å². The van der Waals surface area contributed by atoms with Crippen molar-refractivity contribution >= 4 is 23.0 Å². The highest BCUT2D eigenvalue weighted by molar-refractivity contribution is 6.05. The van der Waals surface area contributed by atoms with Crippen molar-refractivity contribution in [1.82, 2.24) is 0 Å². The number of benzene rings is 2. The molecule has 3 N–H and O–H groups in total. The number of hydrogen-bond acceptors (Lipinski definition) is 5. The zero-order valence-corrected chi connectivity index (χ0v) is 14.5. The van der Waals surface area contributed by atoms with Crippen LogP contribution in [0.4, 0.5) is 17.1 Å². The van der Waals surface area contributed by atoms with Gasteiger partial charge < -0.3 is 25.4 Å². The van der Waals surface area contributed by atoms with Gasteiger partial charge in [0, 0.05) is 24.3 Å². The van der Waals surface area contributed by atoms with Crippen molar-refractivity contribution in [2.45, 2.75) is 12.8 Å². The Morgan fingerprint density at radius 3 is 2.40 bits per heavy atom. The molecule has 0 aliphatic carbocycles. The summed E-state index contributed by atoms with van der Waals surface area (Å²) in [6.07, 6.45) is 2.38. The molecule has 6 heteroatoms. The van der Waals surface area contributed by atoms with Crippen LogP contribution in [0.3, 0.4) is 0 Å². The van der Waals surface area contributed by atoms with E-state index in [0.717, 1.165) is 18.8 Å². The minimum atomic E-state index is -0.228. The molecule has 132 valence electrons. The van der Waals surface area contributed by atoms with E-state index in [0.29, 0.717) is 28.4 Å². The van der Waals surface area contributed by atoms with Crippen LogP contribution in [0, 0.1) is 0 Å². The van der Waals surface area contributed by atoms with Crippen LogP contribution in [-0.2, 0) is 0 Å². The summed E-state index contributed by atoms with van der Waals surface area (Å²) in [4.78, 5) is 14.7. The molecule has 1 aliphatic heterocycles. The molecule has 0 aromatic heterocycles. The van der Waals surface area contributed by atoms with E-state index in [9.17, 15) is 4.79 Å². The largest absolute Gasteiger partial charge is 0.493 e. The number of anilines is 3. The summed E-state index contributed by atoms with van der Waals surface area (Å²) >= 11 is 0. The number of nitrogens with two attached hydrogens (primary N) is 1. The quantitative estimate of drug-likeness (QED) is 0.817. The van der Waals surface area contributed by atoms with Crippen molar-refractivity contribution in [3.05, 3.63) is 42.0 Å². The number of methoxy groups -OCH3 is 2. The lowest BCUT2D eigenvalue weighted by atomic mass is 10.1. The highest BCUT2D eigenvalue weighted by Gasteiger charge is 2.16. The normalized spacial score (nSPS) is 13.6. The molecule has 1 saturated heterocycles. The number of nitrogen functional groups attached to an aromatic ring is 1. The monoisotopic (exact) mass is 341 g/mol. The second-order valence-corrected chi connectivity index (χ2v) is 5.99. The number of hydrogen-bond donors (Lipinski definition) is 2. The average Bonchev–Trinajstić information content (AvgIpc) is 3.15. The highest BCUT2D eigenvalue weighted by atomic mass is 16.5. The molecule has 0 unspecified atom stereocenters. The van der Waals surface area contributed by atoms with E-state index in [-0.39, 0.29) is 5.91 Å². The van der Waals surface area contributed by atoms with Crippen LogP contribution in [0.1, 0.15) is 23.2 Å². The molecule has 1 heterocycles. The first-order valence-electron chi connectivity index (χ1n) is 8.30. The zero-order valence-electron chi connectivity index (χ0n) is 14.5. The molecule has 2 aromatic carbocycles. The Kier molecular flexibility index (Phi) is 4.97. The number of ether oxygens (including phenoxy) is 2. The first-order chi connectivity index (χ1) is 12.1. The van der Waals surface area contributed by atoms with Gasteiger partial charge in [-0.05, 0) is 49.2 Å². The molecule has 25 heavy (non-hydrogen) atoms. The number of carbonyl (C=O) groups excluding carboxylic acids is 1. The molecule has 0 spiro atoms. The van der Waals surface area contributed by atoms with E-state index in [4.69, 9.17) is 15.2 Å². The van der Waals surface area contributed by atoms with E-state index in [1.165, 1.54) is 20.0 Å². The number of carbonyl (C=O) groups is 1. The predicted molar refractivity (Wildman–Crippen MR) is 99.8 cm³/mol. The molecular formula is C19H23N3O3. The summed E-state index contributed by atoms with van der Waals surface area (Å²) in [5.74, 6) is 0.867. The molecule has 0 saturated carbocycles. The molecule has 1 amide bonds. The Morgan fingerprint density at radius 1 is 1.04 bits per heavy atom. The summed E-state index contributed by atoms with van der Waals surface area (Å²) < 4.78 is 10.4. The number of rotatable bonds is 5. The van der Waals surface area contributed by atoms with Gasteiger partial charge in [0.25, 0.3) is 5.91 Å². The molecule has 1 aliphatic rings. The molecule has 0 atom stereocenters. The number of nitrogens with zero attached hydrogens (tertiary/aromatic N) is 1. The van der Waals surface area contributed by atoms with E-state index in [1.807, 2.05) is 12.1 Å². The minimum Gasteiger partial charge on any atom is -0.493 e. The zero-order chi connectivity index (χ0) is 17.8. The van der Waals surface area contributed by atoms with Gasteiger partial charge in [-0.2, -0.15) is 0 Å². The van der Waals surface area contributed by atoms with Crippen LogP contribution < -0.4 is 25.4 Å². The second-order valence-electron chi connectivity index (χ2n) is 5.99. The fourth-order valence-electron chi connectivity index (χ4n) is 3.06. The summed E-state index contributed by atoms with van der Waals surface area (Å²) in [5.41, 5.74) is 9.02. The lowest BCUT2D eigenvalue weighted by Crippen LogP contribution is -2.19. The summed E-state index contributed by atoms with van der Waals surface area (Å²) in [7, 11) is 3.10. The number of amides is 1. The lowest BCUT2D eigenvalue weighted by Gasteiger charge is -2.20. The molecule has 0 bridgehead atoms. The molecule has 1 fully saturated rings. The van der Waals surface area contributed by atoms with Gasteiger partial charge in [-0.25, -0.2) is 0 Å². The van der Waals surface area contributed by atoms with Gasteiger partial charge >= 0.3 is 0 Å². The summed E-state index contributed by atoms with van der Waals surface area (Å²) in [5, 5.41) is 2.87. The predicted octanol–water partition coefficient (Wildman–Crippen LogP) is 3.14. The van der Waals surface area contributed by atoms with Crippen molar-refractivity contribution < 1.29 is 14.3 Å². The van der Waals surface area contributed by atoms with Crippen LogP contribution in [0.25, 0.3) is 0 Å². The first-order valence-corrected chi connectivity index (χ1v) is 8.30. The van der Waals surface area contributed by atoms with Crippen molar-refractivity contribution in [1.29, 1.82) is 0 Å². The Labute approximate surface area is 147 Å². The van der Waals surface area contributed by atoms with E-state index in [1.54, 1.807) is 31.4 Å². The Morgan fingerprint density at radius 2 is 1.76 bits per heavy atom. The maximum absolute atomic E-state index is 12.5. The van der Waals surface area contributed by atoms with Crippen molar-refractivity contribution in [3.63, 3.8) is 0 Å². The van der Waals surface area contributed by atoms with Crippen LogP contribution in [0.2, 0.25) is 0 Å². The SMILES string of the molecule is COc1ccc(C(=O)Nc2ccc(N3CCCC3)c(N)c2)cc1OC. The van der Waals surface area contributed by atoms with Crippen LogP contribution in [0.15, 0.2) is 36.4 Å². The highest BCUT2D eigenvalue weighted by Crippen LogP contribution is 2.30. The smallest absolute Gasteiger partial charge is 0.255 e. The van der Waals surface area contributed by atoms with Gasteiger partial charge in [-0.3, -0.25) is 4.79 Å². The van der Waals surface area contributed by atoms with E-state index < -0.39 is 0 Å². The van der Waals surface area contributed by atoms with Gasteiger partial charge in [-0.1, -0.05) is 0 Å². The first kappa shape index (κ1) is 17.0. The van der Waals surface area contributed by atoms with Crippen LogP contribution in [0.5, 0.6) is 11.5 Å². The standard InChI is InChI=1S/C19H23N3O3/c1-24-17-8-5-13(11-18(17)25-2)19(23)21-14-6-7-16(15(20)12-14)22-9-3-4-10-22/h5-8,11-12H,3-4,9-10,20H2,1-2H3,(H,21,23). The Bertz CT molecular complexity index is 771. The Hall–Kier alpha value is -2.89. The second kappa shape index (κ2) is 7.34. The van der Waals surface area contributed by atoms with E-state index >= 15 is 0 Å². The van der Waals surface area contributed by atoms with Gasteiger partial charge in [0.05, 0.1) is 25.6 Å². The third kappa shape index (κ3) is 3.63. The molecular weight excluding hydrogens is 318 g/mol. The van der Waals surface area contributed by atoms with Gasteiger partial charge in [0.1, 0.15) is 0 Å². The third-order valence-electron chi connectivity index (χ3n) is 4.38. The third-order valence-corrected chi connectivity index (χ3v) is 4.38. The average molecular weight is 341 g/mol.